The van der Waals surface area contributed by atoms with Crippen molar-refractivity contribution in [1.29, 1.82) is 0 Å². The zero-order valence-electron chi connectivity index (χ0n) is 18.7. The van der Waals surface area contributed by atoms with E-state index >= 15 is 0 Å². The molecule has 2 amide bonds. The molecule has 0 saturated carbocycles. The number of morpholine rings is 1. The standard InChI is InChI=1S/C25H34N4O2S/c30-25(26-18-24-20-29(12-15-31-24)19-22-4-2-1-3-5-22)27-23-8-6-21(7-9-23)10-11-28-13-16-32-17-14-28/h1-9,24H,10-20H2,(H2,26,27,30). The maximum atomic E-state index is 12.3. The van der Waals surface area contributed by atoms with Crippen molar-refractivity contribution in [1.82, 2.24) is 15.1 Å². The van der Waals surface area contributed by atoms with E-state index in [2.05, 4.69) is 56.8 Å². The van der Waals surface area contributed by atoms with E-state index in [0.717, 1.165) is 38.3 Å². The number of carbonyl (C=O) groups excluding carboxylic acids is 1. The van der Waals surface area contributed by atoms with Gasteiger partial charge in [-0.2, -0.15) is 11.8 Å². The predicted molar refractivity (Wildman–Crippen MR) is 132 cm³/mol. The Balaban J connectivity index is 1.16. The molecule has 2 heterocycles. The highest BCUT2D eigenvalue weighted by Gasteiger charge is 2.21. The van der Waals surface area contributed by atoms with Crippen molar-refractivity contribution >= 4 is 23.5 Å². The number of urea groups is 1. The molecule has 2 aliphatic rings. The highest BCUT2D eigenvalue weighted by atomic mass is 32.2. The van der Waals surface area contributed by atoms with Gasteiger partial charge in [-0.25, -0.2) is 4.79 Å². The molecule has 2 aromatic carbocycles. The predicted octanol–water partition coefficient (Wildman–Crippen LogP) is 3.30. The lowest BCUT2D eigenvalue weighted by atomic mass is 10.1. The van der Waals surface area contributed by atoms with Gasteiger partial charge in [0.1, 0.15) is 0 Å². The molecule has 32 heavy (non-hydrogen) atoms. The summed E-state index contributed by atoms with van der Waals surface area (Å²) in [6.07, 6.45) is 1.06. The van der Waals surface area contributed by atoms with Crippen molar-refractivity contribution in [3.63, 3.8) is 0 Å². The SMILES string of the molecule is O=C(NCC1CN(Cc2ccccc2)CCO1)Nc1ccc(CCN2CCSCC2)cc1. The Labute approximate surface area is 195 Å². The molecule has 2 N–H and O–H groups in total. The summed E-state index contributed by atoms with van der Waals surface area (Å²) in [7, 11) is 0. The molecule has 172 valence electrons. The molecule has 2 aliphatic heterocycles. The van der Waals surface area contributed by atoms with Crippen molar-refractivity contribution in [2.75, 3.05) is 62.7 Å². The summed E-state index contributed by atoms with van der Waals surface area (Å²) in [5.41, 5.74) is 3.43. The number of rotatable bonds is 8. The molecule has 0 bridgehead atoms. The molecule has 2 saturated heterocycles. The highest BCUT2D eigenvalue weighted by Crippen LogP contribution is 2.13. The van der Waals surface area contributed by atoms with Crippen molar-refractivity contribution in [3.05, 3.63) is 65.7 Å². The number of nitrogens with zero attached hydrogens (tertiary/aromatic N) is 2. The molecule has 0 radical (unpaired) electrons. The molecule has 0 spiro atoms. The first-order valence-corrected chi connectivity index (χ1v) is 12.7. The molecular formula is C25H34N4O2S. The van der Waals surface area contributed by atoms with Crippen molar-refractivity contribution in [2.24, 2.45) is 0 Å². The Morgan fingerprint density at radius 1 is 0.969 bits per heavy atom. The third-order valence-corrected chi connectivity index (χ3v) is 6.94. The lowest BCUT2D eigenvalue weighted by molar-refractivity contribution is -0.0285. The van der Waals surface area contributed by atoms with Crippen molar-refractivity contribution in [3.8, 4) is 0 Å². The monoisotopic (exact) mass is 454 g/mol. The van der Waals surface area contributed by atoms with Gasteiger partial charge in [-0.1, -0.05) is 42.5 Å². The topological polar surface area (TPSA) is 56.8 Å². The quantitative estimate of drug-likeness (QED) is 0.641. The lowest BCUT2D eigenvalue weighted by Gasteiger charge is -2.33. The van der Waals surface area contributed by atoms with Gasteiger partial charge in [-0.15, -0.1) is 0 Å². The van der Waals surface area contributed by atoms with Gasteiger partial charge in [0.15, 0.2) is 0 Å². The van der Waals surface area contributed by atoms with E-state index in [1.54, 1.807) is 0 Å². The summed E-state index contributed by atoms with van der Waals surface area (Å²) in [5, 5.41) is 5.89. The van der Waals surface area contributed by atoms with Crippen molar-refractivity contribution in [2.45, 2.75) is 19.1 Å². The van der Waals surface area contributed by atoms with Gasteiger partial charge in [0.05, 0.1) is 12.7 Å². The van der Waals surface area contributed by atoms with Gasteiger partial charge >= 0.3 is 6.03 Å². The fourth-order valence-corrected chi connectivity index (χ4v) is 5.12. The lowest BCUT2D eigenvalue weighted by Crippen LogP contribution is -2.47. The number of ether oxygens (including phenoxy) is 1. The Morgan fingerprint density at radius 2 is 1.75 bits per heavy atom. The average molecular weight is 455 g/mol. The summed E-state index contributed by atoms with van der Waals surface area (Å²) in [4.78, 5) is 17.3. The summed E-state index contributed by atoms with van der Waals surface area (Å²) in [6.45, 7) is 7.34. The van der Waals surface area contributed by atoms with Crippen molar-refractivity contribution < 1.29 is 9.53 Å². The molecule has 1 unspecified atom stereocenters. The van der Waals surface area contributed by atoms with E-state index in [-0.39, 0.29) is 12.1 Å². The molecule has 7 heteroatoms. The zero-order valence-corrected chi connectivity index (χ0v) is 19.5. The second-order valence-electron chi connectivity index (χ2n) is 8.45. The van der Waals surface area contributed by atoms with Gasteiger partial charge in [0.25, 0.3) is 0 Å². The van der Waals surface area contributed by atoms with Gasteiger partial charge in [-0.05, 0) is 29.7 Å². The molecule has 0 aliphatic carbocycles. The second kappa shape index (κ2) is 12.3. The Bertz CT molecular complexity index is 828. The summed E-state index contributed by atoms with van der Waals surface area (Å²) >= 11 is 2.04. The van der Waals surface area contributed by atoms with Crippen LogP contribution in [0.15, 0.2) is 54.6 Å². The summed E-state index contributed by atoms with van der Waals surface area (Å²) in [6, 6.07) is 18.5. The molecule has 2 aromatic rings. The number of nitrogens with one attached hydrogen (secondary N) is 2. The van der Waals surface area contributed by atoms with Crippen LogP contribution in [0.2, 0.25) is 0 Å². The average Bonchev–Trinajstić information content (AvgIpc) is 2.84. The Morgan fingerprint density at radius 3 is 2.53 bits per heavy atom. The van der Waals surface area contributed by atoms with E-state index in [0.29, 0.717) is 13.2 Å². The molecule has 6 nitrogen and oxygen atoms in total. The van der Waals surface area contributed by atoms with E-state index in [9.17, 15) is 4.79 Å². The van der Waals surface area contributed by atoms with Crippen LogP contribution in [0.5, 0.6) is 0 Å². The molecular weight excluding hydrogens is 420 g/mol. The molecule has 1 atom stereocenters. The largest absolute Gasteiger partial charge is 0.374 e. The number of hydrogen-bond donors (Lipinski definition) is 2. The number of amides is 2. The molecule has 0 aromatic heterocycles. The minimum atomic E-state index is -0.188. The maximum Gasteiger partial charge on any atom is 0.319 e. The van der Waals surface area contributed by atoms with Gasteiger partial charge in [0.2, 0.25) is 0 Å². The van der Waals surface area contributed by atoms with Crippen LogP contribution in [0.1, 0.15) is 11.1 Å². The minimum absolute atomic E-state index is 0.00813. The van der Waals surface area contributed by atoms with E-state index in [4.69, 9.17) is 4.74 Å². The van der Waals surface area contributed by atoms with Crippen LogP contribution < -0.4 is 10.6 Å². The van der Waals surface area contributed by atoms with Crippen LogP contribution in [0.3, 0.4) is 0 Å². The van der Waals surface area contributed by atoms with E-state index in [1.807, 2.05) is 30.0 Å². The third kappa shape index (κ3) is 7.52. The van der Waals surface area contributed by atoms with Crippen LogP contribution in [0.25, 0.3) is 0 Å². The first-order chi connectivity index (χ1) is 15.7. The maximum absolute atomic E-state index is 12.3. The summed E-state index contributed by atoms with van der Waals surface area (Å²) in [5.74, 6) is 2.49. The van der Waals surface area contributed by atoms with Crippen LogP contribution in [0, 0.1) is 0 Å². The number of benzene rings is 2. The minimum Gasteiger partial charge on any atom is -0.374 e. The first-order valence-electron chi connectivity index (χ1n) is 11.6. The Kier molecular flexibility index (Phi) is 8.85. The first kappa shape index (κ1) is 23.1. The Hall–Kier alpha value is -2.06. The van der Waals surface area contributed by atoms with Crippen LogP contribution in [-0.4, -0.2) is 79.3 Å². The summed E-state index contributed by atoms with van der Waals surface area (Å²) < 4.78 is 5.85. The smallest absolute Gasteiger partial charge is 0.319 e. The number of thioether (sulfide) groups is 1. The van der Waals surface area contributed by atoms with Gasteiger partial charge < -0.3 is 20.3 Å². The van der Waals surface area contributed by atoms with E-state index in [1.165, 1.54) is 35.7 Å². The molecule has 2 fully saturated rings. The normalized spacial score (nSPS) is 20.1. The van der Waals surface area contributed by atoms with Gasteiger partial charge in [-0.3, -0.25) is 4.90 Å². The van der Waals surface area contributed by atoms with Gasteiger partial charge in [0, 0.05) is 63.0 Å². The fourth-order valence-electron chi connectivity index (χ4n) is 4.14. The number of anilines is 1. The van der Waals surface area contributed by atoms with Crippen LogP contribution in [0.4, 0.5) is 10.5 Å². The van der Waals surface area contributed by atoms with Crippen LogP contribution in [-0.2, 0) is 17.7 Å². The third-order valence-electron chi connectivity index (χ3n) is 5.99. The van der Waals surface area contributed by atoms with Crippen LogP contribution >= 0.6 is 11.8 Å². The van der Waals surface area contributed by atoms with E-state index < -0.39 is 0 Å². The number of carbonyl (C=O) groups is 1. The zero-order chi connectivity index (χ0) is 22.0. The number of hydrogen-bond acceptors (Lipinski definition) is 5. The second-order valence-corrected chi connectivity index (χ2v) is 9.67. The fraction of sp³-hybridized carbons (Fsp3) is 0.480. The highest BCUT2D eigenvalue weighted by molar-refractivity contribution is 7.99. The molecule has 4 rings (SSSR count).